The van der Waals surface area contributed by atoms with Crippen molar-refractivity contribution in [1.29, 1.82) is 0 Å². The molecule has 1 aliphatic heterocycles. The number of ether oxygens (including phenoxy) is 1. The molecule has 0 aliphatic carbocycles. The summed E-state index contributed by atoms with van der Waals surface area (Å²) in [5.41, 5.74) is 3.14. The molecule has 0 saturated carbocycles. The van der Waals surface area contributed by atoms with Crippen LogP contribution in [0.4, 0.5) is 0 Å². The second-order valence-electron chi connectivity index (χ2n) is 6.92. The van der Waals surface area contributed by atoms with Gasteiger partial charge in [-0.3, -0.25) is 0 Å². The van der Waals surface area contributed by atoms with Crippen LogP contribution < -0.4 is 0 Å². The largest absolute Gasteiger partial charge is 0.431 e. The van der Waals surface area contributed by atoms with E-state index in [1.54, 1.807) is 29.5 Å². The van der Waals surface area contributed by atoms with Crippen LogP contribution in [0.3, 0.4) is 0 Å². The maximum absolute atomic E-state index is 12.9. The van der Waals surface area contributed by atoms with Crippen LogP contribution in [0.15, 0.2) is 68.4 Å². The molecule has 2 aromatic heterocycles. The lowest BCUT2D eigenvalue weighted by Crippen LogP contribution is -2.40. The maximum atomic E-state index is 12.9. The van der Waals surface area contributed by atoms with Gasteiger partial charge in [0.15, 0.2) is 5.58 Å². The summed E-state index contributed by atoms with van der Waals surface area (Å²) < 4.78 is 38.2. The highest BCUT2D eigenvalue weighted by atomic mass is 32.2. The molecule has 0 unspecified atom stereocenters. The number of hydrogen-bond acceptors (Lipinski definition) is 8. The van der Waals surface area contributed by atoms with Crippen LogP contribution in [0.2, 0.25) is 0 Å². The number of fused-ring (bicyclic) bond motifs is 1. The van der Waals surface area contributed by atoms with Crippen LogP contribution >= 0.6 is 23.1 Å². The minimum absolute atomic E-state index is 0.221. The number of aromatic nitrogens is 2. The smallest absolute Gasteiger partial charge is 0.257 e. The molecule has 0 bridgehead atoms. The molecule has 10 heteroatoms. The molecule has 3 heterocycles. The van der Waals surface area contributed by atoms with Crippen molar-refractivity contribution >= 4 is 44.2 Å². The first-order valence-corrected chi connectivity index (χ1v) is 13.0. The number of rotatable bonds is 6. The molecular weight excluding hydrogens is 454 g/mol. The Bertz CT molecular complexity index is 1300. The number of hydrogen-bond donors (Lipinski definition) is 0. The number of thioether (sulfide) groups is 1. The average Bonchev–Trinajstić information content (AvgIpc) is 3.45. The average molecular weight is 474 g/mol. The molecule has 4 aromatic rings. The molecule has 1 saturated heterocycles. The third-order valence-corrected chi connectivity index (χ3v) is 8.56. The number of sulfonamides is 1. The minimum Gasteiger partial charge on any atom is -0.431 e. The molecule has 1 fully saturated rings. The Morgan fingerprint density at radius 1 is 1.06 bits per heavy atom. The summed E-state index contributed by atoms with van der Waals surface area (Å²) in [7, 11) is -3.57. The van der Waals surface area contributed by atoms with Gasteiger partial charge in [-0.1, -0.05) is 42.1 Å². The summed E-state index contributed by atoms with van der Waals surface area (Å²) in [6, 6.07) is 14.9. The third kappa shape index (κ3) is 4.39. The first-order chi connectivity index (χ1) is 15.1. The fourth-order valence-corrected chi connectivity index (χ4v) is 6.36. The monoisotopic (exact) mass is 473 g/mol. The predicted octanol–water partition coefficient (Wildman–Crippen LogP) is 4.26. The molecule has 1 aliphatic rings. The van der Waals surface area contributed by atoms with Gasteiger partial charge in [0.25, 0.3) is 5.22 Å². The van der Waals surface area contributed by atoms with Gasteiger partial charge < -0.3 is 9.15 Å². The number of morpholine rings is 1. The topological polar surface area (TPSA) is 85.5 Å². The Balaban J connectivity index is 1.31. The molecule has 2 aromatic carbocycles. The van der Waals surface area contributed by atoms with Crippen molar-refractivity contribution < 1.29 is 17.6 Å². The van der Waals surface area contributed by atoms with Gasteiger partial charge in [0, 0.05) is 29.8 Å². The van der Waals surface area contributed by atoms with Crippen molar-refractivity contribution in [3.8, 4) is 10.6 Å². The van der Waals surface area contributed by atoms with Crippen molar-refractivity contribution in [2.45, 2.75) is 15.9 Å². The summed E-state index contributed by atoms with van der Waals surface area (Å²) in [4.78, 5) is 9.38. The van der Waals surface area contributed by atoms with Gasteiger partial charge >= 0.3 is 0 Å². The molecular formula is C21H19N3O4S3. The highest BCUT2D eigenvalue weighted by Gasteiger charge is 2.27. The van der Waals surface area contributed by atoms with Crippen LogP contribution in [0.5, 0.6) is 0 Å². The summed E-state index contributed by atoms with van der Waals surface area (Å²) >= 11 is 3.04. The quantitative estimate of drug-likeness (QED) is 0.387. The van der Waals surface area contributed by atoms with E-state index in [0.29, 0.717) is 48.4 Å². The van der Waals surface area contributed by atoms with E-state index in [4.69, 9.17) is 9.15 Å². The number of benzene rings is 2. The van der Waals surface area contributed by atoms with Crippen molar-refractivity contribution in [3.05, 3.63) is 59.6 Å². The SMILES string of the molecule is O=S(=O)(c1ccc2oc(SCc3csc(-c4ccccc4)n3)nc2c1)N1CCOCC1. The first kappa shape index (κ1) is 20.7. The van der Waals surface area contributed by atoms with E-state index >= 15 is 0 Å². The fraction of sp³-hybridized carbons (Fsp3) is 0.238. The number of oxazole rings is 1. The Morgan fingerprint density at radius 2 is 1.87 bits per heavy atom. The lowest BCUT2D eigenvalue weighted by Gasteiger charge is -2.25. The van der Waals surface area contributed by atoms with Gasteiger partial charge in [0.2, 0.25) is 10.0 Å². The van der Waals surface area contributed by atoms with E-state index in [9.17, 15) is 8.42 Å². The number of nitrogens with zero attached hydrogens (tertiary/aromatic N) is 3. The van der Waals surface area contributed by atoms with Crippen LogP contribution in [0.25, 0.3) is 21.7 Å². The van der Waals surface area contributed by atoms with Gasteiger partial charge in [0.1, 0.15) is 10.5 Å². The molecule has 0 spiro atoms. The van der Waals surface area contributed by atoms with E-state index in [-0.39, 0.29) is 4.90 Å². The zero-order valence-electron chi connectivity index (χ0n) is 16.4. The van der Waals surface area contributed by atoms with E-state index < -0.39 is 10.0 Å². The van der Waals surface area contributed by atoms with Gasteiger partial charge in [-0.25, -0.2) is 18.4 Å². The van der Waals surface area contributed by atoms with E-state index in [1.165, 1.54) is 16.1 Å². The second-order valence-corrected chi connectivity index (χ2v) is 10.6. The Hall–Kier alpha value is -2.24. The molecule has 0 radical (unpaired) electrons. The van der Waals surface area contributed by atoms with Gasteiger partial charge in [-0.15, -0.1) is 11.3 Å². The molecule has 0 atom stereocenters. The van der Waals surface area contributed by atoms with E-state index in [2.05, 4.69) is 9.97 Å². The zero-order valence-corrected chi connectivity index (χ0v) is 18.9. The fourth-order valence-electron chi connectivity index (χ4n) is 3.27. The Labute approximate surface area is 188 Å². The first-order valence-electron chi connectivity index (χ1n) is 9.71. The zero-order chi connectivity index (χ0) is 21.3. The van der Waals surface area contributed by atoms with Crippen LogP contribution in [-0.2, 0) is 20.5 Å². The third-order valence-electron chi connectivity index (χ3n) is 4.86. The second kappa shape index (κ2) is 8.71. The van der Waals surface area contributed by atoms with Crippen molar-refractivity contribution in [2.75, 3.05) is 26.3 Å². The van der Waals surface area contributed by atoms with Crippen molar-refractivity contribution in [1.82, 2.24) is 14.3 Å². The number of thiazole rings is 1. The Kier molecular flexibility index (Phi) is 5.81. The van der Waals surface area contributed by atoms with Crippen LogP contribution in [-0.4, -0.2) is 49.0 Å². The molecule has 7 nitrogen and oxygen atoms in total. The lowest BCUT2D eigenvalue weighted by molar-refractivity contribution is 0.0730. The van der Waals surface area contributed by atoms with Gasteiger partial charge in [-0.05, 0) is 18.2 Å². The molecule has 31 heavy (non-hydrogen) atoms. The van der Waals surface area contributed by atoms with Crippen molar-refractivity contribution in [2.24, 2.45) is 0 Å². The molecule has 0 N–H and O–H groups in total. The van der Waals surface area contributed by atoms with Gasteiger partial charge in [0.05, 0.1) is 23.8 Å². The van der Waals surface area contributed by atoms with Crippen LogP contribution in [0.1, 0.15) is 5.69 Å². The normalized spacial score (nSPS) is 15.5. The highest BCUT2D eigenvalue weighted by molar-refractivity contribution is 7.98. The predicted molar refractivity (Wildman–Crippen MR) is 121 cm³/mol. The van der Waals surface area contributed by atoms with E-state index in [0.717, 1.165) is 16.3 Å². The molecule has 0 amide bonds. The summed E-state index contributed by atoms with van der Waals surface area (Å²) in [6.45, 7) is 1.54. The Morgan fingerprint density at radius 3 is 2.68 bits per heavy atom. The van der Waals surface area contributed by atoms with Crippen LogP contribution in [0, 0.1) is 0 Å². The maximum Gasteiger partial charge on any atom is 0.257 e. The molecule has 160 valence electrons. The standard InChI is InChI=1S/C21H19N3O4S3/c25-31(26,24-8-10-27-11-9-24)17-6-7-19-18(12-17)23-21(28-19)30-14-16-13-29-20(22-16)15-4-2-1-3-5-15/h1-7,12-13H,8-11,14H2. The minimum atomic E-state index is -3.57. The lowest BCUT2D eigenvalue weighted by atomic mass is 10.2. The molecule has 5 rings (SSSR count). The highest BCUT2D eigenvalue weighted by Crippen LogP contribution is 2.30. The summed E-state index contributed by atoms with van der Waals surface area (Å²) in [5.74, 6) is 0.620. The summed E-state index contributed by atoms with van der Waals surface area (Å²) in [5, 5.41) is 3.50. The van der Waals surface area contributed by atoms with Crippen molar-refractivity contribution in [3.63, 3.8) is 0 Å². The van der Waals surface area contributed by atoms with Gasteiger partial charge in [-0.2, -0.15) is 4.31 Å². The van der Waals surface area contributed by atoms with E-state index in [1.807, 2.05) is 35.7 Å². The summed E-state index contributed by atoms with van der Waals surface area (Å²) in [6.07, 6.45) is 0.